The predicted molar refractivity (Wildman–Crippen MR) is 68.4 cm³/mol. The van der Waals surface area contributed by atoms with Gasteiger partial charge < -0.3 is 10.1 Å². The molecule has 0 saturated heterocycles. The molecule has 0 aromatic heterocycles. The molecule has 0 aliphatic rings. The predicted octanol–water partition coefficient (Wildman–Crippen LogP) is 3.27. The van der Waals surface area contributed by atoms with Crippen LogP contribution in [-0.2, 0) is 4.74 Å². The third-order valence-corrected chi connectivity index (χ3v) is 2.07. The summed E-state index contributed by atoms with van der Waals surface area (Å²) < 4.78 is 5.15. The zero-order valence-electron chi connectivity index (χ0n) is 10.6. The number of ether oxygens (including phenoxy) is 1. The van der Waals surface area contributed by atoms with Crippen LogP contribution in [0.4, 0.5) is 4.79 Å². The number of carbonyl (C=O) groups excluding carboxylic acids is 1. The fourth-order valence-electron chi connectivity index (χ4n) is 1.28. The Morgan fingerprint density at radius 3 is 2.29 bits per heavy atom. The van der Waals surface area contributed by atoms with E-state index >= 15 is 0 Å². The SMILES string of the molecule is [CH2]c1ccc(C([CH2])NC(=O)OC(C)(C)C)cc1. The summed E-state index contributed by atoms with van der Waals surface area (Å²) in [5.74, 6) is 0. The van der Waals surface area contributed by atoms with Crippen LogP contribution in [0.1, 0.15) is 37.9 Å². The number of nitrogens with one attached hydrogen (secondary N) is 1. The minimum atomic E-state index is -0.499. The fourth-order valence-corrected chi connectivity index (χ4v) is 1.28. The summed E-state index contributed by atoms with van der Waals surface area (Å²) in [5, 5.41) is 2.68. The van der Waals surface area contributed by atoms with E-state index in [0.717, 1.165) is 11.1 Å². The van der Waals surface area contributed by atoms with E-state index < -0.39 is 11.7 Å². The number of rotatable bonds is 2. The summed E-state index contributed by atoms with van der Waals surface area (Å²) in [6.07, 6.45) is -0.462. The number of carbonyl (C=O) groups is 1. The highest BCUT2D eigenvalue weighted by Gasteiger charge is 2.18. The molecular formula is C14H19NO2. The fraction of sp³-hybridized carbons (Fsp3) is 0.357. The molecule has 92 valence electrons. The average molecular weight is 233 g/mol. The number of hydrogen-bond acceptors (Lipinski definition) is 2. The molecule has 1 amide bonds. The van der Waals surface area contributed by atoms with Gasteiger partial charge in [-0.25, -0.2) is 4.79 Å². The van der Waals surface area contributed by atoms with Crippen molar-refractivity contribution in [2.75, 3.05) is 0 Å². The van der Waals surface area contributed by atoms with Crippen LogP contribution in [0.3, 0.4) is 0 Å². The Kier molecular flexibility index (Phi) is 4.16. The third-order valence-electron chi connectivity index (χ3n) is 2.07. The molecular weight excluding hydrogens is 214 g/mol. The van der Waals surface area contributed by atoms with Gasteiger partial charge in [0.2, 0.25) is 0 Å². The molecule has 0 spiro atoms. The minimum Gasteiger partial charge on any atom is -0.444 e. The summed E-state index contributed by atoms with van der Waals surface area (Å²) in [7, 11) is 0. The maximum absolute atomic E-state index is 11.5. The highest BCUT2D eigenvalue weighted by Crippen LogP contribution is 2.14. The van der Waals surface area contributed by atoms with Crippen molar-refractivity contribution in [3.8, 4) is 0 Å². The molecule has 1 N–H and O–H groups in total. The lowest BCUT2D eigenvalue weighted by atomic mass is 10.1. The largest absolute Gasteiger partial charge is 0.444 e. The zero-order chi connectivity index (χ0) is 13.1. The molecule has 0 saturated carbocycles. The molecule has 0 bridgehead atoms. The highest BCUT2D eigenvalue weighted by molar-refractivity contribution is 5.68. The van der Waals surface area contributed by atoms with Crippen molar-refractivity contribution in [3.63, 3.8) is 0 Å². The lowest BCUT2D eigenvalue weighted by Crippen LogP contribution is -2.34. The van der Waals surface area contributed by atoms with E-state index in [4.69, 9.17) is 4.74 Å². The second-order valence-electron chi connectivity index (χ2n) is 4.94. The van der Waals surface area contributed by atoms with Gasteiger partial charge in [-0.2, -0.15) is 0 Å². The first-order valence-electron chi connectivity index (χ1n) is 5.52. The molecule has 0 fully saturated rings. The first kappa shape index (κ1) is 13.6. The molecule has 0 aliphatic carbocycles. The normalized spacial score (nSPS) is 13.0. The van der Waals surface area contributed by atoms with E-state index in [-0.39, 0.29) is 6.04 Å². The second kappa shape index (κ2) is 5.21. The van der Waals surface area contributed by atoms with Crippen LogP contribution in [0.25, 0.3) is 0 Å². The maximum atomic E-state index is 11.5. The number of alkyl carbamates (subject to hydrolysis) is 1. The zero-order valence-corrected chi connectivity index (χ0v) is 10.6. The Morgan fingerprint density at radius 1 is 1.29 bits per heavy atom. The van der Waals surface area contributed by atoms with Crippen molar-refractivity contribution in [2.45, 2.75) is 32.4 Å². The van der Waals surface area contributed by atoms with E-state index in [2.05, 4.69) is 19.2 Å². The summed E-state index contributed by atoms with van der Waals surface area (Å²) in [5.41, 5.74) is 1.35. The van der Waals surface area contributed by atoms with Crippen LogP contribution in [0.2, 0.25) is 0 Å². The summed E-state index contributed by atoms with van der Waals surface area (Å²) in [6, 6.07) is 7.20. The first-order valence-corrected chi connectivity index (χ1v) is 5.52. The van der Waals surface area contributed by atoms with Gasteiger partial charge >= 0.3 is 6.09 Å². The quantitative estimate of drug-likeness (QED) is 0.851. The molecule has 0 heterocycles. The van der Waals surface area contributed by atoms with Gasteiger partial charge in [0.15, 0.2) is 0 Å². The maximum Gasteiger partial charge on any atom is 0.408 e. The van der Waals surface area contributed by atoms with Gasteiger partial charge in [-0.1, -0.05) is 24.3 Å². The smallest absolute Gasteiger partial charge is 0.408 e. The lowest BCUT2D eigenvalue weighted by molar-refractivity contribution is 0.0513. The third kappa shape index (κ3) is 4.89. The van der Waals surface area contributed by atoms with Crippen molar-refractivity contribution in [3.05, 3.63) is 49.2 Å². The van der Waals surface area contributed by atoms with E-state index in [1.165, 1.54) is 0 Å². The Labute approximate surface area is 103 Å². The Balaban J connectivity index is 2.57. The van der Waals surface area contributed by atoms with Gasteiger partial charge in [0.1, 0.15) is 5.60 Å². The van der Waals surface area contributed by atoms with Crippen molar-refractivity contribution >= 4 is 6.09 Å². The van der Waals surface area contributed by atoms with Crippen LogP contribution in [0.15, 0.2) is 24.3 Å². The molecule has 0 aliphatic heterocycles. The number of amides is 1. The van der Waals surface area contributed by atoms with Crippen molar-refractivity contribution < 1.29 is 9.53 Å². The van der Waals surface area contributed by atoms with E-state index in [1.54, 1.807) is 0 Å². The molecule has 2 radical (unpaired) electrons. The van der Waals surface area contributed by atoms with Crippen LogP contribution in [0, 0.1) is 13.8 Å². The summed E-state index contributed by atoms with van der Waals surface area (Å²) >= 11 is 0. The van der Waals surface area contributed by atoms with Gasteiger partial charge in [-0.05, 0) is 45.7 Å². The van der Waals surface area contributed by atoms with E-state index in [1.807, 2.05) is 45.0 Å². The van der Waals surface area contributed by atoms with Gasteiger partial charge in [0.05, 0.1) is 6.04 Å². The first-order chi connectivity index (χ1) is 7.78. The van der Waals surface area contributed by atoms with Crippen LogP contribution >= 0.6 is 0 Å². The topological polar surface area (TPSA) is 38.3 Å². The van der Waals surface area contributed by atoms with Gasteiger partial charge in [-0.15, -0.1) is 0 Å². The van der Waals surface area contributed by atoms with Crippen LogP contribution in [-0.4, -0.2) is 11.7 Å². The van der Waals surface area contributed by atoms with Crippen LogP contribution in [0.5, 0.6) is 0 Å². The van der Waals surface area contributed by atoms with E-state index in [9.17, 15) is 4.79 Å². The van der Waals surface area contributed by atoms with Crippen molar-refractivity contribution in [1.82, 2.24) is 5.32 Å². The standard InChI is InChI=1S/C14H19NO2/c1-10-6-8-12(9-7-10)11(2)15-13(16)17-14(3,4)5/h6-9,11H,1-2H2,3-5H3,(H,15,16). The summed E-state index contributed by atoms with van der Waals surface area (Å²) in [4.78, 5) is 11.5. The van der Waals surface area contributed by atoms with Gasteiger partial charge in [0, 0.05) is 0 Å². The Morgan fingerprint density at radius 2 is 1.82 bits per heavy atom. The van der Waals surface area contributed by atoms with Crippen molar-refractivity contribution in [1.29, 1.82) is 0 Å². The minimum absolute atomic E-state index is 0.328. The second-order valence-corrected chi connectivity index (χ2v) is 4.94. The lowest BCUT2D eigenvalue weighted by Gasteiger charge is -2.22. The molecule has 1 aromatic rings. The molecule has 3 heteroatoms. The van der Waals surface area contributed by atoms with Crippen LogP contribution < -0.4 is 5.32 Å². The highest BCUT2D eigenvalue weighted by atomic mass is 16.6. The molecule has 3 nitrogen and oxygen atoms in total. The number of benzene rings is 1. The van der Waals surface area contributed by atoms with Gasteiger partial charge in [0.25, 0.3) is 0 Å². The molecule has 1 atom stereocenters. The van der Waals surface area contributed by atoms with Crippen molar-refractivity contribution in [2.24, 2.45) is 0 Å². The molecule has 17 heavy (non-hydrogen) atoms. The molecule has 1 unspecified atom stereocenters. The molecule has 1 rings (SSSR count). The number of hydrogen-bond donors (Lipinski definition) is 1. The monoisotopic (exact) mass is 233 g/mol. The summed E-state index contributed by atoms with van der Waals surface area (Å²) in [6.45, 7) is 13.1. The average Bonchev–Trinajstić information content (AvgIpc) is 2.15. The van der Waals surface area contributed by atoms with Gasteiger partial charge in [-0.3, -0.25) is 0 Å². The Hall–Kier alpha value is -1.51. The Bertz CT molecular complexity index is 376. The van der Waals surface area contributed by atoms with E-state index in [0.29, 0.717) is 0 Å². The molecule has 1 aromatic carbocycles.